The van der Waals surface area contributed by atoms with Crippen LogP contribution in [0.1, 0.15) is 41.8 Å². The number of anilines is 1. The van der Waals surface area contributed by atoms with E-state index in [2.05, 4.69) is 26.6 Å². The maximum absolute atomic E-state index is 13.0. The number of hydrogen-bond donors (Lipinski definition) is 4. The predicted octanol–water partition coefficient (Wildman–Crippen LogP) is 0.846. The second-order valence-corrected chi connectivity index (χ2v) is 14.7. The number of carbonyl (C=O) groups excluding carboxylic acids is 1. The van der Waals surface area contributed by atoms with E-state index in [1.54, 1.807) is 39.2 Å². The van der Waals surface area contributed by atoms with Gasteiger partial charge in [0.05, 0.1) is 18.4 Å². The molecular weight excluding hydrogens is 651 g/mol. The molecule has 1 fully saturated rings. The molecule has 0 unspecified atom stereocenters. The van der Waals surface area contributed by atoms with Crippen LogP contribution < -0.4 is 24.4 Å². The van der Waals surface area contributed by atoms with Crippen LogP contribution in [0.4, 0.5) is 5.69 Å². The topological polar surface area (TPSA) is 184 Å². The Balaban J connectivity index is 1.64. The van der Waals surface area contributed by atoms with Crippen molar-refractivity contribution >= 4 is 37.8 Å². The van der Waals surface area contributed by atoms with Gasteiger partial charge in [0, 0.05) is 63.2 Å². The minimum atomic E-state index is -3.95. The number of piperazine rings is 1. The fourth-order valence-electron chi connectivity index (χ4n) is 4.58. The third-order valence-corrected chi connectivity index (χ3v) is 9.47. The summed E-state index contributed by atoms with van der Waals surface area (Å²) in [6, 6.07) is 11.4. The molecule has 0 aromatic heterocycles. The van der Waals surface area contributed by atoms with Crippen molar-refractivity contribution < 1.29 is 41.0 Å². The number of carboxylic acid groups (broad SMARTS) is 1. The number of nitrogens with one attached hydrogen (secondary N) is 3. The SMILES string of the molecule is COCCOc1ccc(C#Cc2ccc(N3CCN(S(=O)(=O)N[C@@H](C(=O)O)C(C)C)CC3)cc2)cc1C(=O)NCCCNS(C)(=O)=O. The lowest BCUT2D eigenvalue weighted by molar-refractivity contribution is -0.140. The van der Waals surface area contributed by atoms with Crippen molar-refractivity contribution in [1.82, 2.24) is 19.1 Å². The van der Waals surface area contributed by atoms with Crippen LogP contribution in [0.3, 0.4) is 0 Å². The maximum atomic E-state index is 13.0. The predicted molar refractivity (Wildman–Crippen MR) is 178 cm³/mol. The van der Waals surface area contributed by atoms with Gasteiger partial charge in [-0.25, -0.2) is 13.1 Å². The van der Waals surface area contributed by atoms with Crippen molar-refractivity contribution in [2.45, 2.75) is 26.3 Å². The number of aliphatic carboxylic acids is 1. The Morgan fingerprint density at radius 3 is 2.17 bits per heavy atom. The highest BCUT2D eigenvalue weighted by Crippen LogP contribution is 2.21. The molecule has 14 nitrogen and oxygen atoms in total. The Kier molecular flexibility index (Phi) is 14.0. The standard InChI is InChI=1S/C31H43N5O9S2/c1-23(2)29(31(38)39)34-47(42,43)36-18-16-35(17-19-36)26-11-8-24(9-12-26)6-7-25-10-13-28(45-21-20-44-3)27(22-25)30(37)32-14-5-15-33-46(4,40)41/h8-13,22-23,29,33-34H,5,14-21H2,1-4H3,(H,32,37)(H,38,39)/t29-/m1/s1. The molecule has 0 bridgehead atoms. The van der Waals surface area contributed by atoms with E-state index in [-0.39, 0.29) is 38.7 Å². The van der Waals surface area contributed by atoms with Crippen molar-refractivity contribution in [3.05, 3.63) is 59.2 Å². The van der Waals surface area contributed by atoms with Crippen molar-refractivity contribution in [3.8, 4) is 17.6 Å². The van der Waals surface area contributed by atoms with Gasteiger partial charge in [-0.15, -0.1) is 0 Å². The normalized spacial score (nSPS) is 14.7. The molecule has 1 heterocycles. The van der Waals surface area contributed by atoms with Crippen molar-refractivity contribution in [2.24, 2.45) is 5.92 Å². The summed E-state index contributed by atoms with van der Waals surface area (Å²) in [6.07, 6.45) is 1.48. The summed E-state index contributed by atoms with van der Waals surface area (Å²) in [5.41, 5.74) is 2.51. The molecule has 2 aromatic rings. The minimum Gasteiger partial charge on any atom is -0.490 e. The van der Waals surface area contributed by atoms with Crippen LogP contribution in [-0.4, -0.2) is 110 Å². The molecule has 1 atom stereocenters. The van der Waals surface area contributed by atoms with E-state index >= 15 is 0 Å². The molecule has 1 saturated heterocycles. The van der Waals surface area contributed by atoms with E-state index in [9.17, 15) is 31.5 Å². The Labute approximate surface area is 277 Å². The van der Waals surface area contributed by atoms with Gasteiger partial charge in [-0.3, -0.25) is 9.59 Å². The molecule has 2 aromatic carbocycles. The van der Waals surface area contributed by atoms with E-state index in [4.69, 9.17) is 9.47 Å². The van der Waals surface area contributed by atoms with Gasteiger partial charge in [0.2, 0.25) is 10.0 Å². The molecule has 0 saturated carbocycles. The second-order valence-electron chi connectivity index (χ2n) is 11.2. The molecule has 0 aliphatic carbocycles. The third-order valence-electron chi connectivity index (χ3n) is 7.14. The average Bonchev–Trinajstić information content (AvgIpc) is 3.02. The minimum absolute atomic E-state index is 0.198. The lowest BCUT2D eigenvalue weighted by Gasteiger charge is -2.36. The first-order valence-electron chi connectivity index (χ1n) is 15.1. The summed E-state index contributed by atoms with van der Waals surface area (Å²) < 4.78 is 64.7. The zero-order valence-electron chi connectivity index (χ0n) is 27.0. The van der Waals surface area contributed by atoms with E-state index in [0.29, 0.717) is 43.0 Å². The molecule has 0 spiro atoms. The molecule has 1 amide bonds. The number of methoxy groups -OCH3 is 1. The number of hydrogen-bond acceptors (Lipinski definition) is 9. The molecule has 16 heteroatoms. The average molecular weight is 694 g/mol. The van der Waals surface area contributed by atoms with E-state index in [1.165, 1.54) is 4.31 Å². The van der Waals surface area contributed by atoms with Gasteiger partial charge < -0.3 is 24.8 Å². The molecule has 258 valence electrons. The summed E-state index contributed by atoms with van der Waals surface area (Å²) in [6.45, 7) is 5.62. The second kappa shape index (κ2) is 17.4. The van der Waals surface area contributed by atoms with E-state index in [0.717, 1.165) is 17.5 Å². The number of carboxylic acids is 1. The summed E-state index contributed by atoms with van der Waals surface area (Å²) in [5, 5.41) is 12.1. The first kappa shape index (κ1) is 37.7. The number of carbonyl (C=O) groups is 2. The number of benzene rings is 2. The Hall–Kier alpha value is -3.72. The molecule has 4 N–H and O–H groups in total. The molecule has 3 rings (SSSR count). The number of sulfonamides is 1. The van der Waals surface area contributed by atoms with Crippen LogP contribution in [0.25, 0.3) is 0 Å². The smallest absolute Gasteiger partial charge is 0.322 e. The highest BCUT2D eigenvalue weighted by atomic mass is 32.2. The third kappa shape index (κ3) is 12.1. The van der Waals surface area contributed by atoms with Gasteiger partial charge in [0.1, 0.15) is 18.4 Å². The number of rotatable bonds is 16. The summed E-state index contributed by atoms with van der Waals surface area (Å²) in [7, 11) is -5.71. The Morgan fingerprint density at radius 1 is 0.936 bits per heavy atom. The number of amides is 1. The van der Waals surface area contributed by atoms with Gasteiger partial charge in [-0.1, -0.05) is 25.7 Å². The van der Waals surface area contributed by atoms with Crippen molar-refractivity contribution in [1.29, 1.82) is 0 Å². The Morgan fingerprint density at radius 2 is 1.57 bits per heavy atom. The van der Waals surface area contributed by atoms with Crippen LogP contribution in [0.15, 0.2) is 42.5 Å². The van der Waals surface area contributed by atoms with E-state index in [1.807, 2.05) is 29.2 Å². The van der Waals surface area contributed by atoms with Crippen LogP contribution in [0, 0.1) is 17.8 Å². The lowest BCUT2D eigenvalue weighted by atomic mass is 10.1. The van der Waals surface area contributed by atoms with Crippen molar-refractivity contribution in [3.63, 3.8) is 0 Å². The largest absolute Gasteiger partial charge is 0.490 e. The lowest BCUT2D eigenvalue weighted by Crippen LogP contribution is -2.55. The highest BCUT2D eigenvalue weighted by molar-refractivity contribution is 7.88. The first-order chi connectivity index (χ1) is 22.2. The molecule has 0 radical (unpaired) electrons. The molecular formula is C31H43N5O9S2. The summed E-state index contributed by atoms with van der Waals surface area (Å²) in [5.74, 6) is 4.54. The van der Waals surface area contributed by atoms with Gasteiger partial charge in [-0.05, 0) is 54.8 Å². The van der Waals surface area contributed by atoms with Crippen molar-refractivity contribution in [2.75, 3.05) is 70.7 Å². The number of ether oxygens (including phenoxy) is 2. The quantitative estimate of drug-likeness (QED) is 0.145. The Bertz CT molecular complexity index is 1650. The fourth-order valence-corrected chi connectivity index (χ4v) is 6.58. The monoisotopic (exact) mass is 693 g/mol. The number of nitrogens with zero attached hydrogens (tertiary/aromatic N) is 2. The van der Waals surface area contributed by atoms with Gasteiger partial charge in [0.15, 0.2) is 0 Å². The first-order valence-corrected chi connectivity index (χ1v) is 18.4. The van der Waals surface area contributed by atoms with Gasteiger partial charge >= 0.3 is 5.97 Å². The molecule has 1 aliphatic heterocycles. The zero-order valence-corrected chi connectivity index (χ0v) is 28.6. The van der Waals surface area contributed by atoms with Gasteiger partial charge in [0.25, 0.3) is 16.1 Å². The zero-order chi connectivity index (χ0) is 34.6. The molecule has 47 heavy (non-hydrogen) atoms. The summed E-state index contributed by atoms with van der Waals surface area (Å²) in [4.78, 5) is 26.5. The van der Waals surface area contributed by atoms with Crippen LogP contribution in [0.2, 0.25) is 0 Å². The fraction of sp³-hybridized carbons (Fsp3) is 0.484. The van der Waals surface area contributed by atoms with Crippen LogP contribution in [0.5, 0.6) is 5.75 Å². The highest BCUT2D eigenvalue weighted by Gasteiger charge is 2.33. The van der Waals surface area contributed by atoms with E-state index < -0.39 is 38.2 Å². The molecule has 1 aliphatic rings. The van der Waals surface area contributed by atoms with Gasteiger partial charge in [-0.2, -0.15) is 17.4 Å². The van der Waals surface area contributed by atoms with Crippen LogP contribution >= 0.6 is 0 Å². The summed E-state index contributed by atoms with van der Waals surface area (Å²) >= 11 is 0. The van der Waals surface area contributed by atoms with Crippen LogP contribution in [-0.2, 0) is 29.8 Å². The maximum Gasteiger partial charge on any atom is 0.322 e.